The van der Waals surface area contributed by atoms with Crippen LogP contribution in [-0.2, 0) is 9.53 Å². The van der Waals surface area contributed by atoms with E-state index in [-0.39, 0.29) is 4.90 Å². The van der Waals surface area contributed by atoms with Crippen LogP contribution in [0.1, 0.15) is 6.92 Å². The molecular formula is C14H10F11NO2. The van der Waals surface area contributed by atoms with Gasteiger partial charge in [0.25, 0.3) is 0 Å². The number of likely N-dealkylation sites (N-methyl/N-ethyl adjacent to an activating group) is 1. The minimum Gasteiger partial charge on any atom is -0.307 e. The van der Waals surface area contributed by atoms with Gasteiger partial charge in [-0.1, -0.05) is 18.2 Å². The average molecular weight is 433 g/mol. The van der Waals surface area contributed by atoms with Crippen LogP contribution in [0.15, 0.2) is 30.3 Å². The van der Waals surface area contributed by atoms with E-state index in [0.717, 1.165) is 31.2 Å². The number of halogens is 11. The molecular weight excluding hydrogens is 423 g/mol. The maximum Gasteiger partial charge on any atom is 0.462 e. The molecule has 14 heteroatoms. The molecule has 0 fully saturated rings. The fourth-order valence-corrected chi connectivity index (χ4v) is 1.85. The van der Waals surface area contributed by atoms with Gasteiger partial charge in [-0.15, -0.1) is 0 Å². The number of carbonyl (C=O) groups excluding carboxylic acids is 1. The molecule has 1 aromatic rings. The van der Waals surface area contributed by atoms with E-state index in [1.54, 1.807) is 0 Å². The monoisotopic (exact) mass is 433 g/mol. The Morgan fingerprint density at radius 3 is 1.68 bits per heavy atom. The smallest absolute Gasteiger partial charge is 0.307 e. The topological polar surface area (TPSA) is 29.5 Å². The molecule has 0 radical (unpaired) electrons. The summed E-state index contributed by atoms with van der Waals surface area (Å²) in [4.78, 5) is 11.8. The molecule has 1 rings (SSSR count). The molecule has 0 bridgehead atoms. The molecule has 0 aromatic heterocycles. The SMILES string of the molecule is CCN(C(=O)C(F)(OC(F)(F)C(F)(F)C(F)(F)F)C(F)(F)F)c1ccccc1. The lowest BCUT2D eigenvalue weighted by molar-refractivity contribution is -0.472. The first-order chi connectivity index (χ1) is 12.4. The largest absolute Gasteiger partial charge is 0.462 e. The molecule has 0 saturated heterocycles. The molecule has 3 nitrogen and oxygen atoms in total. The summed E-state index contributed by atoms with van der Waals surface area (Å²) >= 11 is 0. The number of hydrogen-bond donors (Lipinski definition) is 0. The molecule has 1 amide bonds. The summed E-state index contributed by atoms with van der Waals surface area (Å²) in [6.07, 6.45) is -20.9. The van der Waals surface area contributed by atoms with Crippen LogP contribution in [0.4, 0.5) is 54.0 Å². The molecule has 0 N–H and O–H groups in total. The predicted octanol–water partition coefficient (Wildman–Crippen LogP) is 5.07. The Hall–Kier alpha value is -2.12. The van der Waals surface area contributed by atoms with Crippen molar-refractivity contribution < 1.29 is 57.8 Å². The van der Waals surface area contributed by atoms with Crippen LogP contribution in [0.25, 0.3) is 0 Å². The highest BCUT2D eigenvalue weighted by atomic mass is 19.4. The summed E-state index contributed by atoms with van der Waals surface area (Å²) in [7, 11) is 0. The molecule has 160 valence electrons. The van der Waals surface area contributed by atoms with Crippen molar-refractivity contribution in [2.45, 2.75) is 37.2 Å². The van der Waals surface area contributed by atoms with Crippen LogP contribution in [-0.4, -0.2) is 42.7 Å². The first kappa shape index (κ1) is 23.9. The number of benzene rings is 1. The average Bonchev–Trinajstić information content (AvgIpc) is 2.53. The molecule has 0 heterocycles. The van der Waals surface area contributed by atoms with Crippen molar-refractivity contribution in [3.63, 3.8) is 0 Å². The van der Waals surface area contributed by atoms with Gasteiger partial charge in [-0.25, -0.2) is 0 Å². The van der Waals surface area contributed by atoms with Crippen LogP contribution in [0, 0.1) is 0 Å². The van der Waals surface area contributed by atoms with E-state index < -0.39 is 48.4 Å². The number of rotatable bonds is 6. The van der Waals surface area contributed by atoms with E-state index in [9.17, 15) is 53.1 Å². The lowest BCUT2D eigenvalue weighted by Crippen LogP contribution is -2.64. The van der Waals surface area contributed by atoms with Gasteiger partial charge in [0.15, 0.2) is 0 Å². The molecule has 0 spiro atoms. The highest BCUT2D eigenvalue weighted by molar-refractivity contribution is 5.99. The first-order valence-electron chi connectivity index (χ1n) is 7.07. The number of hydrogen-bond acceptors (Lipinski definition) is 2. The lowest BCUT2D eigenvalue weighted by Gasteiger charge is -2.36. The third-order valence-electron chi connectivity index (χ3n) is 3.26. The Kier molecular flexibility index (Phi) is 6.29. The molecule has 0 aliphatic rings. The predicted molar refractivity (Wildman–Crippen MR) is 71.4 cm³/mol. The Labute approximate surface area is 149 Å². The first-order valence-corrected chi connectivity index (χ1v) is 7.07. The molecule has 1 aromatic carbocycles. The van der Waals surface area contributed by atoms with Crippen LogP contribution < -0.4 is 4.90 Å². The number of carbonyl (C=O) groups is 1. The summed E-state index contributed by atoms with van der Waals surface area (Å²) in [6.45, 7) is 0.166. The third kappa shape index (κ3) is 4.15. The number of nitrogens with zero attached hydrogens (tertiary/aromatic N) is 1. The van der Waals surface area contributed by atoms with Crippen molar-refractivity contribution in [2.75, 3.05) is 11.4 Å². The van der Waals surface area contributed by atoms with E-state index in [1.165, 1.54) is 6.07 Å². The van der Waals surface area contributed by atoms with Gasteiger partial charge in [-0.3, -0.25) is 9.53 Å². The number of ether oxygens (including phenoxy) is 1. The summed E-state index contributed by atoms with van der Waals surface area (Å²) < 4.78 is 144. The number of para-hydroxylation sites is 1. The summed E-state index contributed by atoms with van der Waals surface area (Å²) in [5.41, 5.74) is -0.490. The Balaban J connectivity index is 3.46. The van der Waals surface area contributed by atoms with Gasteiger partial charge >= 0.3 is 36.1 Å². The van der Waals surface area contributed by atoms with Crippen LogP contribution in [0.5, 0.6) is 0 Å². The van der Waals surface area contributed by atoms with Crippen molar-refractivity contribution >= 4 is 11.6 Å². The molecule has 1 atom stereocenters. The van der Waals surface area contributed by atoms with Gasteiger partial charge in [-0.2, -0.15) is 48.3 Å². The number of alkyl halides is 11. The summed E-state index contributed by atoms with van der Waals surface area (Å²) in [6, 6.07) is 5.46. The second kappa shape index (κ2) is 7.37. The summed E-state index contributed by atoms with van der Waals surface area (Å²) in [5.74, 6) is -16.4. The molecule has 0 aliphatic heterocycles. The Morgan fingerprint density at radius 1 is 0.857 bits per heavy atom. The molecule has 28 heavy (non-hydrogen) atoms. The highest BCUT2D eigenvalue weighted by Crippen LogP contribution is 2.51. The van der Waals surface area contributed by atoms with Crippen molar-refractivity contribution in [2.24, 2.45) is 0 Å². The van der Waals surface area contributed by atoms with Crippen molar-refractivity contribution in [1.82, 2.24) is 0 Å². The van der Waals surface area contributed by atoms with Crippen molar-refractivity contribution in [1.29, 1.82) is 0 Å². The Bertz CT molecular complexity index is 687. The van der Waals surface area contributed by atoms with Gasteiger partial charge in [0, 0.05) is 12.2 Å². The number of amides is 1. The maximum absolute atomic E-state index is 14.3. The normalized spacial score (nSPS) is 15.9. The second-order valence-electron chi connectivity index (χ2n) is 5.17. The van der Waals surface area contributed by atoms with E-state index in [0.29, 0.717) is 0 Å². The van der Waals surface area contributed by atoms with E-state index in [4.69, 9.17) is 0 Å². The third-order valence-corrected chi connectivity index (χ3v) is 3.26. The minimum absolute atomic E-state index is 0.116. The van der Waals surface area contributed by atoms with E-state index >= 15 is 0 Å². The fraction of sp³-hybridized carbons (Fsp3) is 0.500. The second-order valence-corrected chi connectivity index (χ2v) is 5.17. The van der Waals surface area contributed by atoms with Crippen LogP contribution in [0.2, 0.25) is 0 Å². The van der Waals surface area contributed by atoms with Gasteiger partial charge in [0.2, 0.25) is 0 Å². The quantitative estimate of drug-likeness (QED) is 0.587. The van der Waals surface area contributed by atoms with Crippen LogP contribution in [0.3, 0.4) is 0 Å². The minimum atomic E-state index is -7.23. The van der Waals surface area contributed by atoms with E-state index in [2.05, 4.69) is 4.74 Å². The van der Waals surface area contributed by atoms with Gasteiger partial charge in [0.05, 0.1) is 0 Å². The molecule has 0 aliphatic carbocycles. The maximum atomic E-state index is 14.3. The zero-order valence-corrected chi connectivity index (χ0v) is 13.5. The lowest BCUT2D eigenvalue weighted by atomic mass is 10.2. The molecule has 1 unspecified atom stereocenters. The van der Waals surface area contributed by atoms with Gasteiger partial charge in [-0.05, 0) is 19.1 Å². The number of anilines is 1. The van der Waals surface area contributed by atoms with Crippen LogP contribution >= 0.6 is 0 Å². The standard InChI is InChI=1S/C14H10F11NO2/c1-2-26(8-6-4-3-5-7-8)9(27)10(15,12(18,19)20)28-14(24,25)11(16,17)13(21,22)23/h3-7H,2H2,1H3. The van der Waals surface area contributed by atoms with Gasteiger partial charge < -0.3 is 4.90 Å². The fourth-order valence-electron chi connectivity index (χ4n) is 1.85. The zero-order valence-electron chi connectivity index (χ0n) is 13.5. The van der Waals surface area contributed by atoms with Gasteiger partial charge in [0.1, 0.15) is 0 Å². The zero-order chi connectivity index (χ0) is 22.2. The van der Waals surface area contributed by atoms with E-state index in [1.807, 2.05) is 0 Å². The van der Waals surface area contributed by atoms with Crippen molar-refractivity contribution in [3.8, 4) is 0 Å². The molecule has 0 saturated carbocycles. The Morgan fingerprint density at radius 2 is 1.32 bits per heavy atom. The van der Waals surface area contributed by atoms with Crippen molar-refractivity contribution in [3.05, 3.63) is 30.3 Å². The summed E-state index contributed by atoms with van der Waals surface area (Å²) in [5, 5.41) is 0. The highest BCUT2D eigenvalue weighted by Gasteiger charge is 2.80.